The predicted octanol–water partition coefficient (Wildman–Crippen LogP) is 2.89. The number of carbonyl (C=O) groups excluding carboxylic acids is 1. The zero-order chi connectivity index (χ0) is 13.1. The molecule has 3 N–H and O–H groups in total. The van der Waals surface area contributed by atoms with Crippen LogP contribution in [-0.4, -0.2) is 13.0 Å². The molecule has 5 nitrogen and oxygen atoms in total. The van der Waals surface area contributed by atoms with Crippen molar-refractivity contribution < 1.29 is 13.9 Å². The molecule has 0 atom stereocenters. The number of hydrogen-bond acceptors (Lipinski definition) is 4. The van der Waals surface area contributed by atoms with E-state index in [0.29, 0.717) is 27.4 Å². The number of rotatable bonds is 3. The van der Waals surface area contributed by atoms with Crippen LogP contribution in [0.15, 0.2) is 39.6 Å². The second kappa shape index (κ2) is 5.14. The van der Waals surface area contributed by atoms with Crippen molar-refractivity contribution in [3.05, 3.63) is 40.8 Å². The van der Waals surface area contributed by atoms with Crippen LogP contribution in [0.3, 0.4) is 0 Å². The Kier molecular flexibility index (Phi) is 3.57. The third-order valence-corrected chi connectivity index (χ3v) is 2.95. The molecule has 2 aromatic rings. The predicted molar refractivity (Wildman–Crippen MR) is 71.8 cm³/mol. The quantitative estimate of drug-likeness (QED) is 0.855. The minimum Gasteiger partial charge on any atom is -0.494 e. The van der Waals surface area contributed by atoms with Gasteiger partial charge in [-0.15, -0.1) is 0 Å². The van der Waals surface area contributed by atoms with Crippen molar-refractivity contribution in [2.75, 3.05) is 18.2 Å². The van der Waals surface area contributed by atoms with Crippen molar-refractivity contribution in [2.45, 2.75) is 0 Å². The number of anilines is 2. The number of amides is 1. The molecule has 94 valence electrons. The maximum Gasteiger partial charge on any atom is 0.260 e. The summed E-state index contributed by atoms with van der Waals surface area (Å²) in [4.78, 5) is 12.0. The summed E-state index contributed by atoms with van der Waals surface area (Å²) >= 11 is 3.15. The Morgan fingerprint density at radius 1 is 1.44 bits per heavy atom. The number of hydrogen-bond donors (Lipinski definition) is 2. The highest BCUT2D eigenvalue weighted by Gasteiger charge is 2.14. The van der Waals surface area contributed by atoms with Gasteiger partial charge in [0.05, 0.1) is 24.6 Å². The molecule has 1 aromatic carbocycles. The summed E-state index contributed by atoms with van der Waals surface area (Å²) in [6.07, 6.45) is 1.43. The molecule has 0 unspecified atom stereocenters. The summed E-state index contributed by atoms with van der Waals surface area (Å²) in [5.74, 6) is 0.210. The Balaban J connectivity index is 2.24. The van der Waals surface area contributed by atoms with Gasteiger partial charge in [0.15, 0.2) is 4.67 Å². The van der Waals surface area contributed by atoms with Crippen molar-refractivity contribution >= 4 is 33.2 Å². The Morgan fingerprint density at radius 2 is 2.22 bits per heavy atom. The second-order valence-corrected chi connectivity index (χ2v) is 4.24. The number of furan rings is 1. The summed E-state index contributed by atoms with van der Waals surface area (Å²) in [6, 6.07) is 6.58. The highest BCUT2D eigenvalue weighted by molar-refractivity contribution is 9.10. The van der Waals surface area contributed by atoms with Gasteiger partial charge < -0.3 is 20.2 Å². The van der Waals surface area contributed by atoms with Gasteiger partial charge in [-0.05, 0) is 34.1 Å². The van der Waals surface area contributed by atoms with E-state index < -0.39 is 0 Å². The van der Waals surface area contributed by atoms with Crippen molar-refractivity contribution in [3.63, 3.8) is 0 Å². The maximum atomic E-state index is 12.0. The Bertz CT molecular complexity index is 580. The van der Waals surface area contributed by atoms with Gasteiger partial charge in [0, 0.05) is 11.8 Å². The smallest absolute Gasteiger partial charge is 0.260 e. The maximum absolute atomic E-state index is 12.0. The normalized spacial score (nSPS) is 10.1. The van der Waals surface area contributed by atoms with Crippen LogP contribution in [0.1, 0.15) is 10.4 Å². The van der Waals surface area contributed by atoms with Gasteiger partial charge in [-0.3, -0.25) is 4.79 Å². The first-order valence-electron chi connectivity index (χ1n) is 5.09. The molecular formula is C12H11BrN2O3. The fourth-order valence-electron chi connectivity index (χ4n) is 1.46. The minimum atomic E-state index is -0.293. The molecule has 0 aliphatic rings. The summed E-state index contributed by atoms with van der Waals surface area (Å²) < 4.78 is 10.5. The molecular weight excluding hydrogens is 300 g/mol. The van der Waals surface area contributed by atoms with E-state index in [0.717, 1.165) is 0 Å². The van der Waals surface area contributed by atoms with Gasteiger partial charge in [0.25, 0.3) is 5.91 Å². The number of nitrogens with one attached hydrogen (secondary N) is 1. The molecule has 18 heavy (non-hydrogen) atoms. The monoisotopic (exact) mass is 310 g/mol. The van der Waals surface area contributed by atoms with Crippen molar-refractivity contribution in [1.82, 2.24) is 0 Å². The van der Waals surface area contributed by atoms with Crippen LogP contribution < -0.4 is 15.8 Å². The Morgan fingerprint density at radius 3 is 2.83 bits per heavy atom. The molecule has 0 fully saturated rings. The fraction of sp³-hybridized carbons (Fsp3) is 0.0833. The van der Waals surface area contributed by atoms with Crippen LogP contribution >= 0.6 is 15.9 Å². The molecule has 0 saturated carbocycles. The topological polar surface area (TPSA) is 77.5 Å². The van der Waals surface area contributed by atoms with E-state index in [1.54, 1.807) is 24.3 Å². The van der Waals surface area contributed by atoms with Crippen LogP contribution in [0, 0.1) is 0 Å². The van der Waals surface area contributed by atoms with Gasteiger partial charge in [0.1, 0.15) is 5.75 Å². The van der Waals surface area contributed by atoms with E-state index in [1.807, 2.05) is 0 Å². The van der Waals surface area contributed by atoms with Crippen LogP contribution in [-0.2, 0) is 0 Å². The number of ether oxygens (including phenoxy) is 1. The summed E-state index contributed by atoms with van der Waals surface area (Å²) in [6.45, 7) is 0. The lowest BCUT2D eigenvalue weighted by Gasteiger charge is -2.10. The van der Waals surface area contributed by atoms with Gasteiger partial charge in [-0.25, -0.2) is 0 Å². The second-order valence-electron chi connectivity index (χ2n) is 3.52. The fourth-order valence-corrected chi connectivity index (χ4v) is 1.88. The summed E-state index contributed by atoms with van der Waals surface area (Å²) in [5.41, 5.74) is 7.16. The SMILES string of the molecule is COc1cc(N)ccc1NC(=O)c1ccoc1Br. The lowest BCUT2D eigenvalue weighted by atomic mass is 10.2. The molecule has 6 heteroatoms. The Labute approximate surface area is 112 Å². The lowest BCUT2D eigenvalue weighted by molar-refractivity contribution is 0.102. The molecule has 1 heterocycles. The van der Waals surface area contributed by atoms with E-state index in [2.05, 4.69) is 21.2 Å². The molecule has 0 spiro atoms. The van der Waals surface area contributed by atoms with E-state index in [9.17, 15) is 4.79 Å². The minimum absolute atomic E-state index is 0.293. The van der Waals surface area contributed by atoms with E-state index >= 15 is 0 Å². The molecule has 0 bridgehead atoms. The zero-order valence-electron chi connectivity index (χ0n) is 9.57. The lowest BCUT2D eigenvalue weighted by Crippen LogP contribution is -2.12. The molecule has 1 amide bonds. The highest BCUT2D eigenvalue weighted by atomic mass is 79.9. The van der Waals surface area contributed by atoms with E-state index in [-0.39, 0.29) is 5.91 Å². The van der Waals surface area contributed by atoms with E-state index in [4.69, 9.17) is 14.9 Å². The first-order chi connectivity index (χ1) is 8.61. The van der Waals surface area contributed by atoms with Gasteiger partial charge in [0.2, 0.25) is 0 Å². The van der Waals surface area contributed by atoms with Gasteiger partial charge in [-0.1, -0.05) is 0 Å². The molecule has 0 aliphatic heterocycles. The van der Waals surface area contributed by atoms with Crippen molar-refractivity contribution in [1.29, 1.82) is 0 Å². The highest BCUT2D eigenvalue weighted by Crippen LogP contribution is 2.28. The van der Waals surface area contributed by atoms with Crippen LogP contribution in [0.5, 0.6) is 5.75 Å². The molecule has 0 aliphatic carbocycles. The average molecular weight is 311 g/mol. The van der Waals surface area contributed by atoms with Gasteiger partial charge >= 0.3 is 0 Å². The third-order valence-electron chi connectivity index (χ3n) is 2.34. The first kappa shape index (κ1) is 12.5. The van der Waals surface area contributed by atoms with Gasteiger partial charge in [-0.2, -0.15) is 0 Å². The van der Waals surface area contributed by atoms with Crippen LogP contribution in [0.2, 0.25) is 0 Å². The zero-order valence-corrected chi connectivity index (χ0v) is 11.2. The Hall–Kier alpha value is -1.95. The first-order valence-corrected chi connectivity index (χ1v) is 5.89. The summed E-state index contributed by atoms with van der Waals surface area (Å²) in [7, 11) is 1.51. The standard InChI is InChI=1S/C12H11BrN2O3/c1-17-10-6-7(14)2-3-9(10)15-12(16)8-4-5-18-11(8)13/h2-6H,14H2,1H3,(H,15,16). The van der Waals surface area contributed by atoms with Crippen LogP contribution in [0.4, 0.5) is 11.4 Å². The number of carbonyl (C=O) groups is 1. The molecule has 2 rings (SSSR count). The molecule has 0 saturated heterocycles. The summed E-state index contributed by atoms with van der Waals surface area (Å²) in [5, 5.41) is 2.72. The number of benzene rings is 1. The number of nitrogen functional groups attached to an aromatic ring is 1. The van der Waals surface area contributed by atoms with Crippen LogP contribution in [0.25, 0.3) is 0 Å². The molecule has 0 radical (unpaired) electrons. The van der Waals surface area contributed by atoms with E-state index in [1.165, 1.54) is 13.4 Å². The van der Waals surface area contributed by atoms with Crippen molar-refractivity contribution in [2.24, 2.45) is 0 Å². The molecule has 1 aromatic heterocycles. The largest absolute Gasteiger partial charge is 0.494 e. The number of methoxy groups -OCH3 is 1. The number of nitrogens with two attached hydrogens (primary N) is 1. The van der Waals surface area contributed by atoms with Crippen molar-refractivity contribution in [3.8, 4) is 5.75 Å². The number of halogens is 1. The third kappa shape index (κ3) is 2.48. The average Bonchev–Trinajstić information content (AvgIpc) is 2.77.